The van der Waals surface area contributed by atoms with Gasteiger partial charge in [0, 0.05) is 18.7 Å². The van der Waals surface area contributed by atoms with Crippen molar-refractivity contribution in [2.24, 2.45) is 0 Å². The van der Waals surface area contributed by atoms with Crippen LogP contribution >= 0.6 is 0 Å². The number of nitrogens with zero attached hydrogens (tertiary/aromatic N) is 2. The molecule has 3 nitrogen and oxygen atoms in total. The fraction of sp³-hybridized carbons (Fsp3) is 0.538. The van der Waals surface area contributed by atoms with Crippen molar-refractivity contribution in [1.29, 1.82) is 0 Å². The van der Waals surface area contributed by atoms with E-state index in [0.717, 1.165) is 24.5 Å². The zero-order valence-electron chi connectivity index (χ0n) is 10.2. The van der Waals surface area contributed by atoms with E-state index in [2.05, 4.69) is 24.9 Å². The number of carbonyl (C=O) groups is 1. The van der Waals surface area contributed by atoms with Crippen molar-refractivity contribution in [2.75, 3.05) is 11.4 Å². The molecule has 0 saturated carbocycles. The minimum atomic E-state index is 0.198. The maximum atomic E-state index is 11.6. The van der Waals surface area contributed by atoms with Gasteiger partial charge in [-0.1, -0.05) is 19.9 Å². The van der Waals surface area contributed by atoms with Crippen LogP contribution in [0.5, 0.6) is 0 Å². The highest BCUT2D eigenvalue weighted by molar-refractivity contribution is 5.94. The van der Waals surface area contributed by atoms with Crippen LogP contribution in [0.15, 0.2) is 12.1 Å². The highest BCUT2D eigenvalue weighted by atomic mass is 16.2. The summed E-state index contributed by atoms with van der Waals surface area (Å²) >= 11 is 0. The molecule has 1 aromatic heterocycles. The minimum Gasteiger partial charge on any atom is -0.297 e. The Kier molecular flexibility index (Phi) is 2.95. The molecule has 0 bridgehead atoms. The van der Waals surface area contributed by atoms with Gasteiger partial charge in [0.05, 0.1) is 0 Å². The second-order valence-corrected chi connectivity index (χ2v) is 4.65. The summed E-state index contributed by atoms with van der Waals surface area (Å²) in [4.78, 5) is 17.9. The number of anilines is 1. The summed E-state index contributed by atoms with van der Waals surface area (Å²) in [5.41, 5.74) is 2.29. The topological polar surface area (TPSA) is 33.2 Å². The molecular formula is C13H18N2O. The quantitative estimate of drug-likeness (QED) is 0.764. The van der Waals surface area contributed by atoms with E-state index in [1.54, 1.807) is 4.90 Å². The van der Waals surface area contributed by atoms with Crippen LogP contribution in [0.4, 0.5) is 5.82 Å². The Bertz CT molecular complexity index is 412. The van der Waals surface area contributed by atoms with Crippen molar-refractivity contribution < 1.29 is 4.79 Å². The number of hydrogen-bond donors (Lipinski definition) is 0. The van der Waals surface area contributed by atoms with E-state index < -0.39 is 0 Å². The molecule has 0 spiro atoms. The number of hydrogen-bond acceptors (Lipinski definition) is 2. The van der Waals surface area contributed by atoms with Crippen LogP contribution in [-0.4, -0.2) is 17.4 Å². The second-order valence-electron chi connectivity index (χ2n) is 4.65. The van der Waals surface area contributed by atoms with Gasteiger partial charge in [-0.2, -0.15) is 0 Å². The molecule has 1 aliphatic heterocycles. The molecular weight excluding hydrogens is 200 g/mol. The minimum absolute atomic E-state index is 0.198. The largest absolute Gasteiger partial charge is 0.297 e. The average Bonchev–Trinajstić information content (AvgIpc) is 2.63. The van der Waals surface area contributed by atoms with E-state index in [0.29, 0.717) is 12.3 Å². The highest BCUT2D eigenvalue weighted by Crippen LogP contribution is 2.23. The molecule has 0 aromatic carbocycles. The first-order valence-electron chi connectivity index (χ1n) is 5.87. The average molecular weight is 218 g/mol. The molecule has 0 atom stereocenters. The molecule has 16 heavy (non-hydrogen) atoms. The van der Waals surface area contributed by atoms with Gasteiger partial charge in [-0.3, -0.25) is 9.69 Å². The first-order chi connectivity index (χ1) is 7.59. The smallest absolute Gasteiger partial charge is 0.228 e. The fourth-order valence-electron chi connectivity index (χ4n) is 2.21. The first kappa shape index (κ1) is 11.1. The standard InChI is InChI=1S/C13H18N2O/c1-9(2)11-6-7-12(14-10(11)3)15-8-4-5-13(15)16/h6-7,9H,4-5,8H2,1-3H3. The van der Waals surface area contributed by atoms with Crippen molar-refractivity contribution in [1.82, 2.24) is 4.98 Å². The number of amides is 1. The molecule has 1 amide bonds. The molecule has 2 rings (SSSR count). The number of rotatable bonds is 2. The molecule has 1 saturated heterocycles. The molecule has 1 aromatic rings. The lowest BCUT2D eigenvalue weighted by Crippen LogP contribution is -2.25. The predicted octanol–water partition coefficient (Wildman–Crippen LogP) is 2.64. The third-order valence-corrected chi connectivity index (χ3v) is 3.08. The van der Waals surface area contributed by atoms with Gasteiger partial charge >= 0.3 is 0 Å². The van der Waals surface area contributed by atoms with E-state index in [1.807, 2.05) is 13.0 Å². The Morgan fingerprint density at radius 2 is 2.12 bits per heavy atom. The zero-order valence-corrected chi connectivity index (χ0v) is 10.2. The van der Waals surface area contributed by atoms with Crippen molar-refractivity contribution in [2.45, 2.75) is 39.5 Å². The molecule has 0 radical (unpaired) electrons. The predicted molar refractivity (Wildman–Crippen MR) is 64.7 cm³/mol. The summed E-state index contributed by atoms with van der Waals surface area (Å²) in [5.74, 6) is 1.49. The third kappa shape index (κ3) is 1.94. The Hall–Kier alpha value is -1.38. The van der Waals surface area contributed by atoms with Gasteiger partial charge in [-0.15, -0.1) is 0 Å². The van der Waals surface area contributed by atoms with Gasteiger partial charge in [-0.05, 0) is 30.9 Å². The number of pyridine rings is 1. The maximum absolute atomic E-state index is 11.6. The number of aromatic nitrogens is 1. The Morgan fingerprint density at radius 1 is 1.38 bits per heavy atom. The van der Waals surface area contributed by atoms with E-state index in [1.165, 1.54) is 5.56 Å². The summed E-state index contributed by atoms with van der Waals surface area (Å²) in [6, 6.07) is 4.06. The van der Waals surface area contributed by atoms with Crippen LogP contribution in [0.1, 0.15) is 43.9 Å². The molecule has 86 valence electrons. The van der Waals surface area contributed by atoms with Crippen LogP contribution in [0.25, 0.3) is 0 Å². The highest BCUT2D eigenvalue weighted by Gasteiger charge is 2.23. The molecule has 3 heteroatoms. The van der Waals surface area contributed by atoms with Gasteiger partial charge < -0.3 is 0 Å². The monoisotopic (exact) mass is 218 g/mol. The van der Waals surface area contributed by atoms with Crippen LogP contribution in [0.2, 0.25) is 0 Å². The van der Waals surface area contributed by atoms with E-state index in [4.69, 9.17) is 0 Å². The maximum Gasteiger partial charge on any atom is 0.228 e. The van der Waals surface area contributed by atoms with Crippen molar-refractivity contribution in [3.8, 4) is 0 Å². The van der Waals surface area contributed by atoms with Gasteiger partial charge in [0.1, 0.15) is 5.82 Å². The van der Waals surface area contributed by atoms with E-state index >= 15 is 0 Å². The third-order valence-electron chi connectivity index (χ3n) is 3.08. The summed E-state index contributed by atoms with van der Waals surface area (Å²) in [7, 11) is 0. The van der Waals surface area contributed by atoms with Crippen LogP contribution in [-0.2, 0) is 4.79 Å². The van der Waals surface area contributed by atoms with Gasteiger partial charge in [0.15, 0.2) is 0 Å². The zero-order chi connectivity index (χ0) is 11.7. The van der Waals surface area contributed by atoms with Crippen molar-refractivity contribution in [3.05, 3.63) is 23.4 Å². The van der Waals surface area contributed by atoms with Crippen LogP contribution < -0.4 is 4.90 Å². The SMILES string of the molecule is Cc1nc(N2CCCC2=O)ccc1C(C)C. The molecule has 0 N–H and O–H groups in total. The van der Waals surface area contributed by atoms with E-state index in [-0.39, 0.29) is 5.91 Å². The van der Waals surface area contributed by atoms with Gasteiger partial charge in [0.25, 0.3) is 0 Å². The Labute approximate surface area is 96.5 Å². The first-order valence-corrected chi connectivity index (χ1v) is 5.87. The molecule has 1 aliphatic rings. The van der Waals surface area contributed by atoms with Crippen LogP contribution in [0, 0.1) is 6.92 Å². The summed E-state index contributed by atoms with van der Waals surface area (Å²) in [6.07, 6.45) is 1.61. The van der Waals surface area contributed by atoms with Gasteiger partial charge in [-0.25, -0.2) is 4.98 Å². The Balaban J connectivity index is 2.30. The molecule has 0 unspecified atom stereocenters. The van der Waals surface area contributed by atoms with Gasteiger partial charge in [0.2, 0.25) is 5.91 Å². The summed E-state index contributed by atoms with van der Waals surface area (Å²) < 4.78 is 0. The molecule has 0 aliphatic carbocycles. The van der Waals surface area contributed by atoms with E-state index in [9.17, 15) is 4.79 Å². The summed E-state index contributed by atoms with van der Waals surface area (Å²) in [5, 5.41) is 0. The number of carbonyl (C=O) groups excluding carboxylic acids is 1. The lowest BCUT2D eigenvalue weighted by atomic mass is 10.0. The number of aryl methyl sites for hydroxylation is 1. The Morgan fingerprint density at radius 3 is 2.62 bits per heavy atom. The second kappa shape index (κ2) is 4.24. The fourth-order valence-corrected chi connectivity index (χ4v) is 2.21. The summed E-state index contributed by atoms with van der Waals surface area (Å²) in [6.45, 7) is 7.14. The lowest BCUT2D eigenvalue weighted by Gasteiger charge is -2.17. The molecule has 1 fully saturated rings. The lowest BCUT2D eigenvalue weighted by molar-refractivity contribution is -0.117. The van der Waals surface area contributed by atoms with Crippen molar-refractivity contribution >= 4 is 11.7 Å². The van der Waals surface area contributed by atoms with Crippen LogP contribution in [0.3, 0.4) is 0 Å². The van der Waals surface area contributed by atoms with Crippen molar-refractivity contribution in [3.63, 3.8) is 0 Å². The normalized spacial score (nSPS) is 16.2. The molecule has 2 heterocycles.